The van der Waals surface area contributed by atoms with Crippen LogP contribution in [0.2, 0.25) is 5.02 Å². The number of rotatable bonds is 7. The van der Waals surface area contributed by atoms with Crippen LogP contribution < -0.4 is 19.7 Å². The van der Waals surface area contributed by atoms with Crippen molar-refractivity contribution in [1.29, 1.82) is 0 Å². The largest absolute Gasteiger partial charge is 0.493 e. The summed E-state index contributed by atoms with van der Waals surface area (Å²) in [5, 5.41) is 3.23. The van der Waals surface area contributed by atoms with Gasteiger partial charge in [-0.1, -0.05) is 29.8 Å². The fourth-order valence-electron chi connectivity index (χ4n) is 3.57. The quantitative estimate of drug-likeness (QED) is 0.484. The first-order chi connectivity index (χ1) is 15.9. The van der Waals surface area contributed by atoms with Crippen molar-refractivity contribution in [2.45, 2.75) is 12.3 Å². The Morgan fingerprint density at radius 2 is 1.91 bits per heavy atom. The monoisotopic (exact) mass is 482 g/mol. The van der Waals surface area contributed by atoms with Crippen molar-refractivity contribution in [2.75, 3.05) is 29.7 Å². The van der Waals surface area contributed by atoms with Gasteiger partial charge < -0.3 is 14.8 Å². The summed E-state index contributed by atoms with van der Waals surface area (Å²) < 4.78 is 11.2. The van der Waals surface area contributed by atoms with E-state index < -0.39 is 0 Å². The highest BCUT2D eigenvalue weighted by molar-refractivity contribution is 8.00. The lowest BCUT2D eigenvalue weighted by molar-refractivity contribution is -0.118. The van der Waals surface area contributed by atoms with Crippen molar-refractivity contribution < 1.29 is 19.1 Å². The maximum atomic E-state index is 12.6. The maximum Gasteiger partial charge on any atom is 0.262 e. The van der Waals surface area contributed by atoms with Crippen molar-refractivity contribution in [1.82, 2.24) is 0 Å². The van der Waals surface area contributed by atoms with Gasteiger partial charge in [-0.25, -0.2) is 0 Å². The number of amides is 2. The van der Waals surface area contributed by atoms with Crippen LogP contribution in [0.25, 0.3) is 0 Å². The van der Waals surface area contributed by atoms with E-state index in [0.29, 0.717) is 22.3 Å². The fraction of sp³-hybridized carbons (Fsp3) is 0.200. The number of carbonyl (C=O) groups excluding carboxylic acids is 2. The molecule has 1 fully saturated rings. The van der Waals surface area contributed by atoms with Crippen molar-refractivity contribution in [3.8, 4) is 11.5 Å². The number of anilines is 2. The zero-order valence-electron chi connectivity index (χ0n) is 18.2. The Hall–Kier alpha value is -3.16. The number of halogens is 1. The zero-order valence-corrected chi connectivity index (χ0v) is 19.8. The Bertz CT molecular complexity index is 1170. The lowest BCUT2D eigenvalue weighted by Crippen LogP contribution is -2.27. The molecule has 6 nitrogen and oxygen atoms in total. The summed E-state index contributed by atoms with van der Waals surface area (Å²) in [5.41, 5.74) is 3.46. The van der Waals surface area contributed by atoms with E-state index in [0.717, 1.165) is 22.5 Å². The SMILES string of the molecule is COc1cc([C@H]2SCC(=O)N2c2ccc(Cl)cc2)ccc1OCC(=O)Nc1cccc(C)c1. The van der Waals surface area contributed by atoms with E-state index in [1.54, 1.807) is 30.2 Å². The molecule has 0 aliphatic carbocycles. The Morgan fingerprint density at radius 1 is 1.12 bits per heavy atom. The molecule has 0 bridgehead atoms. The van der Waals surface area contributed by atoms with Crippen molar-refractivity contribution in [2.24, 2.45) is 0 Å². The van der Waals surface area contributed by atoms with E-state index in [4.69, 9.17) is 21.1 Å². The molecule has 8 heteroatoms. The molecule has 1 saturated heterocycles. The van der Waals surface area contributed by atoms with Gasteiger partial charge in [0.25, 0.3) is 5.91 Å². The highest BCUT2D eigenvalue weighted by Gasteiger charge is 2.34. The molecular formula is C25H23ClN2O4S. The topological polar surface area (TPSA) is 67.9 Å². The summed E-state index contributed by atoms with van der Waals surface area (Å²) in [5.74, 6) is 1.09. The van der Waals surface area contributed by atoms with Gasteiger partial charge in [0.1, 0.15) is 5.37 Å². The lowest BCUT2D eigenvalue weighted by Gasteiger charge is -2.25. The zero-order chi connectivity index (χ0) is 23.4. The molecule has 3 aromatic carbocycles. The van der Waals surface area contributed by atoms with Crippen LogP contribution in [0.1, 0.15) is 16.5 Å². The first-order valence-corrected chi connectivity index (χ1v) is 11.7. The molecule has 1 atom stereocenters. The highest BCUT2D eigenvalue weighted by atomic mass is 35.5. The van der Waals surface area contributed by atoms with Crippen molar-refractivity contribution in [3.05, 3.63) is 82.9 Å². The van der Waals surface area contributed by atoms with Crippen LogP contribution in [0, 0.1) is 6.92 Å². The molecule has 0 aromatic heterocycles. The number of carbonyl (C=O) groups is 2. The summed E-state index contributed by atoms with van der Waals surface area (Å²) in [4.78, 5) is 26.6. The number of thioether (sulfide) groups is 1. The molecule has 2 amide bonds. The third-order valence-electron chi connectivity index (χ3n) is 5.11. The highest BCUT2D eigenvalue weighted by Crippen LogP contribution is 2.44. The Balaban J connectivity index is 1.47. The maximum absolute atomic E-state index is 12.6. The molecule has 1 N–H and O–H groups in total. The molecule has 3 aromatic rings. The first kappa shape index (κ1) is 23.0. The van der Waals surface area contributed by atoms with E-state index >= 15 is 0 Å². The van der Waals surface area contributed by atoms with Crippen LogP contribution in [0.3, 0.4) is 0 Å². The normalized spacial score (nSPS) is 15.4. The average molecular weight is 483 g/mol. The number of nitrogens with one attached hydrogen (secondary N) is 1. The molecule has 1 aliphatic rings. The molecule has 170 valence electrons. The lowest BCUT2D eigenvalue weighted by atomic mass is 10.1. The van der Waals surface area contributed by atoms with E-state index in [1.807, 2.05) is 55.5 Å². The molecule has 1 heterocycles. The molecule has 0 spiro atoms. The summed E-state index contributed by atoms with van der Waals surface area (Å²) in [6.07, 6.45) is 0. The number of hydrogen-bond acceptors (Lipinski definition) is 5. The van der Waals surface area contributed by atoms with E-state index in [1.165, 1.54) is 11.8 Å². The van der Waals surface area contributed by atoms with Gasteiger partial charge in [-0.15, -0.1) is 11.8 Å². The van der Waals surface area contributed by atoms with Crippen LogP contribution in [0.4, 0.5) is 11.4 Å². The van der Waals surface area contributed by atoms with Gasteiger partial charge >= 0.3 is 0 Å². The van der Waals surface area contributed by atoms with Gasteiger partial charge in [-0.2, -0.15) is 0 Å². The van der Waals surface area contributed by atoms with Gasteiger partial charge in [-0.3, -0.25) is 14.5 Å². The Labute approximate surface area is 201 Å². The molecule has 0 saturated carbocycles. The van der Waals surface area contributed by atoms with E-state index in [-0.39, 0.29) is 23.8 Å². The van der Waals surface area contributed by atoms with Crippen LogP contribution >= 0.6 is 23.4 Å². The first-order valence-electron chi connectivity index (χ1n) is 10.3. The Morgan fingerprint density at radius 3 is 2.64 bits per heavy atom. The summed E-state index contributed by atoms with van der Waals surface area (Å²) in [6, 6.07) is 20.2. The summed E-state index contributed by atoms with van der Waals surface area (Å²) in [7, 11) is 1.54. The molecule has 1 aliphatic heterocycles. The minimum Gasteiger partial charge on any atom is -0.493 e. The number of aryl methyl sites for hydroxylation is 1. The minimum absolute atomic E-state index is 0.0273. The van der Waals surface area contributed by atoms with Gasteiger partial charge in [0.05, 0.1) is 12.9 Å². The summed E-state index contributed by atoms with van der Waals surface area (Å²) >= 11 is 7.54. The number of benzene rings is 3. The Kier molecular flexibility index (Phi) is 7.11. The van der Waals surface area contributed by atoms with Gasteiger partial charge in [0.2, 0.25) is 5.91 Å². The minimum atomic E-state index is -0.266. The summed E-state index contributed by atoms with van der Waals surface area (Å²) in [6.45, 7) is 1.81. The second-order valence-corrected chi connectivity index (χ2v) is 9.03. The van der Waals surface area contributed by atoms with E-state index in [9.17, 15) is 9.59 Å². The number of ether oxygens (including phenoxy) is 2. The standard InChI is InChI=1S/C25H23ClN2O4S/c1-16-4-3-5-19(12-16)27-23(29)14-32-21-11-6-17(13-22(21)31-2)25-28(24(30)15-33-25)20-9-7-18(26)8-10-20/h3-13,25H,14-15H2,1-2H3,(H,27,29)/t25-/m1/s1. The van der Waals surface area contributed by atoms with Gasteiger partial charge in [0, 0.05) is 16.4 Å². The number of methoxy groups -OCH3 is 1. The molecule has 0 radical (unpaired) electrons. The fourth-order valence-corrected chi connectivity index (χ4v) is 4.86. The third kappa shape index (κ3) is 5.43. The molecule has 33 heavy (non-hydrogen) atoms. The predicted molar refractivity (Wildman–Crippen MR) is 132 cm³/mol. The second-order valence-electron chi connectivity index (χ2n) is 7.52. The van der Waals surface area contributed by atoms with Crippen molar-refractivity contribution in [3.63, 3.8) is 0 Å². The van der Waals surface area contributed by atoms with Gasteiger partial charge in [0.15, 0.2) is 18.1 Å². The van der Waals surface area contributed by atoms with Crippen LogP contribution in [0.5, 0.6) is 11.5 Å². The average Bonchev–Trinajstić information content (AvgIpc) is 3.19. The third-order valence-corrected chi connectivity index (χ3v) is 6.57. The van der Waals surface area contributed by atoms with Crippen LogP contribution in [0.15, 0.2) is 66.7 Å². The number of nitrogens with zero attached hydrogens (tertiary/aromatic N) is 1. The van der Waals surface area contributed by atoms with E-state index in [2.05, 4.69) is 5.32 Å². The molecule has 0 unspecified atom stereocenters. The number of hydrogen-bond donors (Lipinski definition) is 1. The molecule has 4 rings (SSSR count). The molecular weight excluding hydrogens is 460 g/mol. The van der Waals surface area contributed by atoms with Gasteiger partial charge in [-0.05, 0) is 66.6 Å². The van der Waals surface area contributed by atoms with Crippen LogP contribution in [-0.2, 0) is 9.59 Å². The van der Waals surface area contributed by atoms with Crippen LogP contribution in [-0.4, -0.2) is 31.3 Å². The predicted octanol–water partition coefficient (Wildman–Crippen LogP) is 5.45. The smallest absolute Gasteiger partial charge is 0.262 e. The van der Waals surface area contributed by atoms with Crippen molar-refractivity contribution >= 4 is 46.6 Å². The second kappa shape index (κ2) is 10.2.